The molecule has 3 nitrogen and oxygen atoms in total. The molecule has 2 N–H and O–H groups in total. The number of aryl methyl sites for hydroxylation is 1. The van der Waals surface area contributed by atoms with Gasteiger partial charge in [-0.15, -0.1) is 0 Å². The number of nitrogens with zero attached hydrogens (tertiary/aromatic N) is 2. The average Bonchev–Trinajstić information content (AvgIpc) is 2.70. The molecule has 0 saturated heterocycles. The Bertz CT molecular complexity index is 476. The van der Waals surface area contributed by atoms with Crippen LogP contribution < -0.4 is 5.73 Å². The molecule has 0 aliphatic rings. The maximum absolute atomic E-state index is 13.0. The quantitative estimate of drug-likeness (QED) is 0.763. The lowest BCUT2D eigenvalue weighted by atomic mass is 10.2. The summed E-state index contributed by atoms with van der Waals surface area (Å²) in [7, 11) is 0. The number of hydrogen-bond donors (Lipinski definition) is 1. The standard InChI is InChI=1S/C11H12FN3/c1-2-8-6-14-7-15(8)9-3-4-10(12)11(13)5-9/h3-7H,2,13H2,1H3. The van der Waals surface area contributed by atoms with Gasteiger partial charge in [-0.25, -0.2) is 9.37 Å². The number of imidazole rings is 1. The molecule has 0 spiro atoms. The number of hydrogen-bond acceptors (Lipinski definition) is 2. The van der Waals surface area contributed by atoms with E-state index in [9.17, 15) is 4.39 Å². The van der Waals surface area contributed by atoms with Crippen molar-refractivity contribution >= 4 is 5.69 Å². The van der Waals surface area contributed by atoms with Crippen LogP contribution in [0.4, 0.5) is 10.1 Å². The molecule has 0 saturated carbocycles. The van der Waals surface area contributed by atoms with Crippen LogP contribution in [0.1, 0.15) is 12.6 Å². The Hall–Kier alpha value is -1.84. The van der Waals surface area contributed by atoms with Crippen LogP contribution in [0.2, 0.25) is 0 Å². The Labute approximate surface area is 87.4 Å². The Balaban J connectivity index is 2.50. The first-order chi connectivity index (χ1) is 7.22. The summed E-state index contributed by atoms with van der Waals surface area (Å²) in [4.78, 5) is 4.05. The molecule has 4 heteroatoms. The van der Waals surface area contributed by atoms with Gasteiger partial charge < -0.3 is 10.3 Å². The zero-order chi connectivity index (χ0) is 10.8. The Morgan fingerprint density at radius 3 is 2.93 bits per heavy atom. The molecule has 0 unspecified atom stereocenters. The highest BCUT2D eigenvalue weighted by Gasteiger charge is 2.04. The lowest BCUT2D eigenvalue weighted by molar-refractivity contribution is 0.632. The van der Waals surface area contributed by atoms with Crippen LogP contribution in [0.25, 0.3) is 5.69 Å². The molecule has 0 amide bonds. The highest BCUT2D eigenvalue weighted by Crippen LogP contribution is 2.17. The summed E-state index contributed by atoms with van der Waals surface area (Å²) in [5.41, 5.74) is 7.57. The minimum absolute atomic E-state index is 0.156. The molecule has 0 radical (unpaired) electrons. The van der Waals surface area contributed by atoms with E-state index < -0.39 is 5.82 Å². The second-order valence-corrected chi connectivity index (χ2v) is 3.31. The van der Waals surface area contributed by atoms with Crippen LogP contribution in [0.15, 0.2) is 30.7 Å². The first-order valence-corrected chi connectivity index (χ1v) is 4.79. The van der Waals surface area contributed by atoms with Crippen molar-refractivity contribution < 1.29 is 4.39 Å². The minimum atomic E-state index is -0.392. The molecule has 0 aliphatic heterocycles. The van der Waals surface area contributed by atoms with Crippen LogP contribution in [0.5, 0.6) is 0 Å². The van der Waals surface area contributed by atoms with Gasteiger partial charge in [0.1, 0.15) is 5.82 Å². The van der Waals surface area contributed by atoms with Gasteiger partial charge in [0.05, 0.1) is 12.0 Å². The van der Waals surface area contributed by atoms with Crippen LogP contribution in [0, 0.1) is 5.82 Å². The molecular weight excluding hydrogens is 193 g/mol. The van der Waals surface area contributed by atoms with Gasteiger partial charge >= 0.3 is 0 Å². The van der Waals surface area contributed by atoms with E-state index in [1.807, 2.05) is 11.5 Å². The highest BCUT2D eigenvalue weighted by molar-refractivity contribution is 5.49. The summed E-state index contributed by atoms with van der Waals surface area (Å²) in [5.74, 6) is -0.392. The predicted molar refractivity (Wildman–Crippen MR) is 57.3 cm³/mol. The van der Waals surface area contributed by atoms with E-state index in [0.29, 0.717) is 0 Å². The highest BCUT2D eigenvalue weighted by atomic mass is 19.1. The number of aromatic nitrogens is 2. The number of benzene rings is 1. The van der Waals surface area contributed by atoms with Crippen LogP contribution in [0.3, 0.4) is 0 Å². The molecular formula is C11H12FN3. The number of halogens is 1. The van der Waals surface area contributed by atoms with Crippen LogP contribution in [-0.2, 0) is 6.42 Å². The molecule has 0 atom stereocenters. The maximum atomic E-state index is 13.0. The van der Waals surface area contributed by atoms with Gasteiger partial charge in [0, 0.05) is 17.6 Å². The van der Waals surface area contributed by atoms with E-state index in [4.69, 9.17) is 5.73 Å². The van der Waals surface area contributed by atoms with Gasteiger partial charge in [-0.2, -0.15) is 0 Å². The Morgan fingerprint density at radius 2 is 2.27 bits per heavy atom. The molecule has 0 aliphatic carbocycles. The topological polar surface area (TPSA) is 43.8 Å². The third-order valence-corrected chi connectivity index (χ3v) is 2.34. The first kappa shape index (κ1) is 9.71. The van der Waals surface area contributed by atoms with Crippen molar-refractivity contribution in [1.29, 1.82) is 0 Å². The van der Waals surface area contributed by atoms with Crippen LogP contribution in [-0.4, -0.2) is 9.55 Å². The number of nitrogen functional groups attached to an aromatic ring is 1. The first-order valence-electron chi connectivity index (χ1n) is 4.79. The smallest absolute Gasteiger partial charge is 0.146 e. The molecule has 0 bridgehead atoms. The molecule has 2 rings (SSSR count). The van der Waals surface area contributed by atoms with E-state index in [-0.39, 0.29) is 5.69 Å². The Kier molecular flexibility index (Phi) is 2.41. The van der Waals surface area contributed by atoms with Crippen molar-refractivity contribution in [1.82, 2.24) is 9.55 Å². The van der Waals surface area contributed by atoms with Gasteiger partial charge in [-0.05, 0) is 24.6 Å². The molecule has 15 heavy (non-hydrogen) atoms. The van der Waals surface area contributed by atoms with Crippen molar-refractivity contribution in [3.05, 3.63) is 42.2 Å². The molecule has 1 heterocycles. The van der Waals surface area contributed by atoms with E-state index in [2.05, 4.69) is 4.98 Å². The monoisotopic (exact) mass is 205 g/mol. The van der Waals surface area contributed by atoms with Gasteiger partial charge in [-0.3, -0.25) is 0 Å². The number of nitrogens with two attached hydrogens (primary N) is 1. The van der Waals surface area contributed by atoms with Crippen molar-refractivity contribution in [2.75, 3.05) is 5.73 Å². The fourth-order valence-electron chi connectivity index (χ4n) is 1.50. The van der Waals surface area contributed by atoms with E-state index in [1.54, 1.807) is 24.7 Å². The summed E-state index contributed by atoms with van der Waals surface area (Å²) in [5, 5.41) is 0. The van der Waals surface area contributed by atoms with Crippen LogP contribution >= 0.6 is 0 Å². The van der Waals surface area contributed by atoms with Gasteiger partial charge in [0.25, 0.3) is 0 Å². The molecule has 78 valence electrons. The van der Waals surface area contributed by atoms with Crippen molar-refractivity contribution in [3.63, 3.8) is 0 Å². The molecule has 2 aromatic rings. The van der Waals surface area contributed by atoms with Crippen molar-refractivity contribution in [3.8, 4) is 5.69 Å². The zero-order valence-corrected chi connectivity index (χ0v) is 8.44. The summed E-state index contributed by atoms with van der Waals surface area (Å²) < 4.78 is 14.9. The predicted octanol–water partition coefficient (Wildman–Crippen LogP) is 2.16. The number of anilines is 1. The maximum Gasteiger partial charge on any atom is 0.146 e. The third-order valence-electron chi connectivity index (χ3n) is 2.34. The normalized spacial score (nSPS) is 10.5. The van der Waals surface area contributed by atoms with Gasteiger partial charge in [0.15, 0.2) is 0 Å². The molecule has 0 fully saturated rings. The minimum Gasteiger partial charge on any atom is -0.396 e. The van der Waals surface area contributed by atoms with Crippen molar-refractivity contribution in [2.24, 2.45) is 0 Å². The largest absolute Gasteiger partial charge is 0.396 e. The van der Waals surface area contributed by atoms with Gasteiger partial charge in [-0.1, -0.05) is 6.92 Å². The van der Waals surface area contributed by atoms with Gasteiger partial charge in [0.2, 0.25) is 0 Å². The summed E-state index contributed by atoms with van der Waals surface area (Å²) in [6, 6.07) is 4.66. The van der Waals surface area contributed by atoms with E-state index >= 15 is 0 Å². The fourth-order valence-corrected chi connectivity index (χ4v) is 1.50. The molecule has 1 aromatic carbocycles. The number of rotatable bonds is 2. The average molecular weight is 205 g/mol. The summed E-state index contributed by atoms with van der Waals surface area (Å²) in [6.45, 7) is 2.04. The Morgan fingerprint density at radius 1 is 1.47 bits per heavy atom. The summed E-state index contributed by atoms with van der Waals surface area (Å²) in [6.07, 6.45) is 4.36. The fraction of sp³-hybridized carbons (Fsp3) is 0.182. The second kappa shape index (κ2) is 3.73. The zero-order valence-electron chi connectivity index (χ0n) is 8.44. The summed E-state index contributed by atoms with van der Waals surface area (Å²) >= 11 is 0. The SMILES string of the molecule is CCc1cncn1-c1ccc(F)c(N)c1. The van der Waals surface area contributed by atoms with Crippen molar-refractivity contribution in [2.45, 2.75) is 13.3 Å². The van der Waals surface area contributed by atoms with E-state index in [0.717, 1.165) is 17.8 Å². The molecule has 1 aromatic heterocycles. The lowest BCUT2D eigenvalue weighted by Crippen LogP contribution is -1.99. The lowest BCUT2D eigenvalue weighted by Gasteiger charge is -2.07. The second-order valence-electron chi connectivity index (χ2n) is 3.31. The van der Waals surface area contributed by atoms with E-state index in [1.165, 1.54) is 6.07 Å². The third kappa shape index (κ3) is 1.70.